The quantitative estimate of drug-likeness (QED) is 0.798. The maximum Gasteiger partial charge on any atom is 0.260 e. The average Bonchev–Trinajstić information content (AvgIpc) is 3.21. The molecule has 1 aromatic heterocycles. The first-order chi connectivity index (χ1) is 13.3. The van der Waals surface area contributed by atoms with Gasteiger partial charge in [0.2, 0.25) is 5.91 Å². The topological polar surface area (TPSA) is 82.6 Å². The van der Waals surface area contributed by atoms with E-state index >= 15 is 0 Å². The molecule has 3 saturated heterocycles. The van der Waals surface area contributed by atoms with E-state index in [9.17, 15) is 13.2 Å². The van der Waals surface area contributed by atoms with E-state index in [2.05, 4.69) is 29.0 Å². The van der Waals surface area contributed by atoms with Crippen LogP contribution >= 0.6 is 0 Å². The van der Waals surface area contributed by atoms with Crippen LogP contribution in [0.25, 0.3) is 0 Å². The zero-order valence-electron chi connectivity index (χ0n) is 16.7. The number of sulfonamides is 1. The first-order valence-electron chi connectivity index (χ1n) is 10.3. The zero-order valence-corrected chi connectivity index (χ0v) is 17.5. The average molecular weight is 407 g/mol. The lowest BCUT2D eigenvalue weighted by Crippen LogP contribution is -2.56. The molecule has 0 aromatic carbocycles. The molecule has 8 heteroatoms. The highest BCUT2D eigenvalue weighted by atomic mass is 32.2. The summed E-state index contributed by atoms with van der Waals surface area (Å²) in [5.74, 6) is 1.14. The summed E-state index contributed by atoms with van der Waals surface area (Å²) in [6.45, 7) is 8.10. The third-order valence-electron chi connectivity index (χ3n) is 6.69. The van der Waals surface area contributed by atoms with E-state index in [4.69, 9.17) is 0 Å². The zero-order chi connectivity index (χ0) is 19.9. The summed E-state index contributed by atoms with van der Waals surface area (Å²) in [5, 5.41) is 3.36. The van der Waals surface area contributed by atoms with Crippen molar-refractivity contribution in [1.29, 1.82) is 0 Å². The summed E-state index contributed by atoms with van der Waals surface area (Å²) in [4.78, 5) is 19.1. The molecule has 0 radical (unpaired) electrons. The van der Waals surface area contributed by atoms with Crippen LogP contribution in [-0.4, -0.2) is 66.8 Å². The standard InChI is InChI=1S/C20H30N4O3S/c1-15(2)6-10-23-13-16-17(14-23)20(22-19(16)25)7-11-24(12-8-20)28(26,27)18-5-3-4-9-21-18/h3-5,9,15-17H,6-8,10-14H2,1-2H3,(H,22,25)/t16-,17+/m1/s1. The fourth-order valence-corrected chi connectivity index (χ4v) is 6.39. The van der Waals surface area contributed by atoms with Crippen molar-refractivity contribution in [2.75, 3.05) is 32.7 Å². The molecule has 4 heterocycles. The third-order valence-corrected chi connectivity index (χ3v) is 8.51. The van der Waals surface area contributed by atoms with Crippen molar-refractivity contribution in [3.05, 3.63) is 24.4 Å². The Morgan fingerprint density at radius 1 is 1.25 bits per heavy atom. The van der Waals surface area contributed by atoms with Crippen LogP contribution < -0.4 is 5.32 Å². The number of piperidine rings is 1. The molecule has 3 aliphatic rings. The fourth-order valence-electron chi connectivity index (χ4n) is 5.02. The summed E-state index contributed by atoms with van der Waals surface area (Å²) < 4.78 is 27.2. The molecule has 2 atom stereocenters. The molecule has 3 aliphatic heterocycles. The van der Waals surface area contributed by atoms with Gasteiger partial charge in [0.1, 0.15) is 0 Å². The van der Waals surface area contributed by atoms with E-state index in [1.54, 1.807) is 12.1 Å². The predicted octanol–water partition coefficient (Wildman–Crippen LogP) is 1.33. The van der Waals surface area contributed by atoms with Crippen LogP contribution in [0.1, 0.15) is 33.1 Å². The first kappa shape index (κ1) is 19.8. The van der Waals surface area contributed by atoms with Gasteiger partial charge in [0, 0.05) is 43.8 Å². The lowest BCUT2D eigenvalue weighted by atomic mass is 9.76. The largest absolute Gasteiger partial charge is 0.350 e. The molecule has 1 aromatic rings. The molecule has 1 spiro atoms. The number of hydrogen-bond donors (Lipinski definition) is 1. The van der Waals surface area contributed by atoms with E-state index in [0.717, 1.165) is 26.1 Å². The normalized spacial score (nSPS) is 28.0. The molecule has 0 unspecified atom stereocenters. The van der Waals surface area contributed by atoms with Gasteiger partial charge in [0.05, 0.1) is 5.92 Å². The van der Waals surface area contributed by atoms with Gasteiger partial charge < -0.3 is 10.2 Å². The summed E-state index contributed by atoms with van der Waals surface area (Å²) in [6.07, 6.45) is 3.99. The van der Waals surface area contributed by atoms with Crippen LogP contribution in [0, 0.1) is 17.8 Å². The minimum absolute atomic E-state index is 0.0473. The number of likely N-dealkylation sites (tertiary alicyclic amines) is 1. The SMILES string of the molecule is CC(C)CCN1C[C@H]2C(=O)NC3(CCN(S(=O)(=O)c4ccccn4)CC3)[C@H]2C1. The van der Waals surface area contributed by atoms with Crippen LogP contribution in [0.4, 0.5) is 0 Å². The Balaban J connectivity index is 1.44. The Morgan fingerprint density at radius 2 is 2.00 bits per heavy atom. The maximum atomic E-state index is 12.9. The van der Waals surface area contributed by atoms with E-state index < -0.39 is 10.0 Å². The summed E-state index contributed by atoms with van der Waals surface area (Å²) >= 11 is 0. The Morgan fingerprint density at radius 3 is 2.64 bits per heavy atom. The molecule has 28 heavy (non-hydrogen) atoms. The van der Waals surface area contributed by atoms with Gasteiger partial charge in [-0.1, -0.05) is 19.9 Å². The second-order valence-corrected chi connectivity index (χ2v) is 10.8. The number of pyridine rings is 1. The number of nitrogens with zero attached hydrogens (tertiary/aromatic N) is 3. The maximum absolute atomic E-state index is 12.9. The Kier molecular flexibility index (Phi) is 5.22. The van der Waals surface area contributed by atoms with Crippen molar-refractivity contribution in [2.24, 2.45) is 17.8 Å². The smallest absolute Gasteiger partial charge is 0.260 e. The number of rotatable bonds is 5. The number of aromatic nitrogens is 1. The van der Waals surface area contributed by atoms with Gasteiger partial charge >= 0.3 is 0 Å². The van der Waals surface area contributed by atoms with Gasteiger partial charge in [-0.2, -0.15) is 4.31 Å². The molecule has 1 amide bonds. The van der Waals surface area contributed by atoms with Crippen LogP contribution in [0.5, 0.6) is 0 Å². The Labute approximate surface area is 167 Å². The molecule has 4 rings (SSSR count). The van der Waals surface area contributed by atoms with Gasteiger partial charge in [-0.15, -0.1) is 0 Å². The van der Waals surface area contributed by atoms with E-state index in [1.165, 1.54) is 16.6 Å². The van der Waals surface area contributed by atoms with Crippen LogP contribution in [0.3, 0.4) is 0 Å². The summed E-state index contributed by atoms with van der Waals surface area (Å²) in [7, 11) is -3.57. The second-order valence-electron chi connectivity index (χ2n) is 8.87. The summed E-state index contributed by atoms with van der Waals surface area (Å²) in [5.41, 5.74) is -0.259. The molecule has 0 bridgehead atoms. The number of hydrogen-bond acceptors (Lipinski definition) is 5. The minimum Gasteiger partial charge on any atom is -0.350 e. The van der Waals surface area contributed by atoms with Gasteiger partial charge in [-0.05, 0) is 43.9 Å². The monoisotopic (exact) mass is 406 g/mol. The van der Waals surface area contributed by atoms with E-state index in [-0.39, 0.29) is 28.3 Å². The number of amides is 1. The van der Waals surface area contributed by atoms with E-state index in [0.29, 0.717) is 31.8 Å². The molecule has 3 fully saturated rings. The second kappa shape index (κ2) is 7.39. The fraction of sp³-hybridized carbons (Fsp3) is 0.700. The van der Waals surface area contributed by atoms with Crippen molar-refractivity contribution >= 4 is 15.9 Å². The highest BCUT2D eigenvalue weighted by molar-refractivity contribution is 7.89. The summed E-state index contributed by atoms with van der Waals surface area (Å²) in [6, 6.07) is 4.94. The third kappa shape index (κ3) is 3.46. The molecule has 7 nitrogen and oxygen atoms in total. The van der Waals surface area contributed by atoms with Crippen molar-refractivity contribution in [3.63, 3.8) is 0 Å². The molecule has 1 N–H and O–H groups in total. The number of carbonyl (C=O) groups is 1. The minimum atomic E-state index is -3.57. The van der Waals surface area contributed by atoms with Gasteiger partial charge in [-0.3, -0.25) is 4.79 Å². The molecular weight excluding hydrogens is 376 g/mol. The highest BCUT2D eigenvalue weighted by Gasteiger charge is 2.57. The Bertz CT molecular complexity index is 819. The van der Waals surface area contributed by atoms with Crippen molar-refractivity contribution in [3.8, 4) is 0 Å². The lowest BCUT2D eigenvalue weighted by molar-refractivity contribution is -0.123. The van der Waals surface area contributed by atoms with Gasteiger partial charge in [0.25, 0.3) is 10.0 Å². The number of fused-ring (bicyclic) bond motifs is 2. The number of nitrogens with one attached hydrogen (secondary N) is 1. The van der Waals surface area contributed by atoms with Crippen molar-refractivity contribution in [2.45, 2.75) is 43.7 Å². The molecule has 154 valence electrons. The van der Waals surface area contributed by atoms with Crippen molar-refractivity contribution in [1.82, 2.24) is 19.5 Å². The van der Waals surface area contributed by atoms with Gasteiger partial charge in [0.15, 0.2) is 5.03 Å². The lowest BCUT2D eigenvalue weighted by Gasteiger charge is -2.42. The molecule has 0 aliphatic carbocycles. The predicted molar refractivity (Wildman–Crippen MR) is 106 cm³/mol. The van der Waals surface area contributed by atoms with E-state index in [1.807, 2.05) is 0 Å². The number of carbonyl (C=O) groups excluding carboxylic acids is 1. The molecular formula is C20H30N4O3S. The molecule has 0 saturated carbocycles. The van der Waals surface area contributed by atoms with Crippen LogP contribution in [0.15, 0.2) is 29.4 Å². The van der Waals surface area contributed by atoms with Crippen LogP contribution in [0.2, 0.25) is 0 Å². The van der Waals surface area contributed by atoms with Crippen LogP contribution in [-0.2, 0) is 14.8 Å². The van der Waals surface area contributed by atoms with Crippen molar-refractivity contribution < 1.29 is 13.2 Å². The first-order valence-corrected chi connectivity index (χ1v) is 11.7. The highest BCUT2D eigenvalue weighted by Crippen LogP contribution is 2.44. The van der Waals surface area contributed by atoms with Gasteiger partial charge in [-0.25, -0.2) is 13.4 Å². The Hall–Kier alpha value is -1.51.